The van der Waals surface area contributed by atoms with Crippen LogP contribution in [0.5, 0.6) is 0 Å². The van der Waals surface area contributed by atoms with Crippen LogP contribution in [0.2, 0.25) is 0 Å². The van der Waals surface area contributed by atoms with Crippen LogP contribution >= 0.6 is 0 Å². The number of anilines is 2. The molecule has 0 bridgehead atoms. The molecule has 1 aromatic carbocycles. The molecule has 2 amide bonds. The number of aromatic nitrogens is 3. The normalized spacial score (nSPS) is 20.4. The van der Waals surface area contributed by atoms with E-state index in [-0.39, 0.29) is 29.5 Å². The van der Waals surface area contributed by atoms with Crippen LogP contribution in [0.1, 0.15) is 33.1 Å². The number of hydrogen-bond donors (Lipinski definition) is 3. The second-order valence-electron chi connectivity index (χ2n) is 9.24. The molecule has 3 aliphatic rings. The molecular formula is C26H21FN6O3. The first kappa shape index (κ1) is 21.0. The van der Waals surface area contributed by atoms with E-state index >= 15 is 0 Å². The summed E-state index contributed by atoms with van der Waals surface area (Å²) in [6.45, 7) is 1.65. The highest BCUT2D eigenvalue weighted by Gasteiger charge is 2.38. The Morgan fingerprint density at radius 3 is 2.86 bits per heavy atom. The highest BCUT2D eigenvalue weighted by Crippen LogP contribution is 2.37. The summed E-state index contributed by atoms with van der Waals surface area (Å²) in [5.41, 5.74) is 5.94. The van der Waals surface area contributed by atoms with Crippen LogP contribution in [0, 0.1) is 11.7 Å². The molecule has 0 spiro atoms. The molecule has 36 heavy (non-hydrogen) atoms. The van der Waals surface area contributed by atoms with Gasteiger partial charge in [0.25, 0.3) is 5.91 Å². The number of imidazole rings is 1. The van der Waals surface area contributed by atoms with Gasteiger partial charge in [0.15, 0.2) is 0 Å². The molecule has 0 radical (unpaired) electrons. The van der Waals surface area contributed by atoms with E-state index in [0.29, 0.717) is 49.0 Å². The molecule has 1 saturated heterocycles. The summed E-state index contributed by atoms with van der Waals surface area (Å²) in [4.78, 5) is 34.4. The van der Waals surface area contributed by atoms with Gasteiger partial charge in [-0.2, -0.15) is 0 Å². The highest BCUT2D eigenvalue weighted by atomic mass is 19.1. The zero-order valence-corrected chi connectivity index (χ0v) is 19.0. The van der Waals surface area contributed by atoms with Crippen LogP contribution < -0.4 is 16.0 Å². The van der Waals surface area contributed by atoms with E-state index in [4.69, 9.17) is 9.72 Å². The third-order valence-electron chi connectivity index (χ3n) is 7.24. The molecule has 9 nitrogen and oxygen atoms in total. The first-order valence-corrected chi connectivity index (χ1v) is 11.8. The van der Waals surface area contributed by atoms with Gasteiger partial charge in [-0.05, 0) is 29.3 Å². The number of nitrogens with one attached hydrogen (secondary N) is 3. The second-order valence-corrected chi connectivity index (χ2v) is 9.24. The largest absolute Gasteiger partial charge is 0.380 e. The molecule has 3 N–H and O–H groups in total. The van der Waals surface area contributed by atoms with E-state index in [1.807, 2.05) is 24.3 Å². The Balaban J connectivity index is 1.26. The number of fused-ring (bicyclic) bond motifs is 5. The van der Waals surface area contributed by atoms with Crippen LogP contribution in [0.3, 0.4) is 0 Å². The number of nitrogens with zero attached hydrogens (tertiary/aromatic N) is 3. The van der Waals surface area contributed by atoms with Crippen LogP contribution in [0.4, 0.5) is 15.9 Å². The van der Waals surface area contributed by atoms with Gasteiger partial charge in [0.2, 0.25) is 5.91 Å². The van der Waals surface area contributed by atoms with Crippen molar-refractivity contribution in [2.45, 2.75) is 19.0 Å². The maximum atomic E-state index is 13.6. The molecule has 0 saturated carbocycles. The van der Waals surface area contributed by atoms with E-state index < -0.39 is 0 Å². The molecule has 0 unspecified atom stereocenters. The lowest BCUT2D eigenvalue weighted by Gasteiger charge is -2.16. The van der Waals surface area contributed by atoms with Crippen molar-refractivity contribution in [2.24, 2.45) is 5.92 Å². The van der Waals surface area contributed by atoms with Crippen molar-refractivity contribution < 1.29 is 18.7 Å². The van der Waals surface area contributed by atoms with E-state index in [1.165, 1.54) is 12.1 Å². The van der Waals surface area contributed by atoms with E-state index in [9.17, 15) is 14.0 Å². The number of amides is 2. The molecule has 3 aliphatic heterocycles. The Kier molecular flexibility index (Phi) is 4.58. The quantitative estimate of drug-likeness (QED) is 0.413. The number of rotatable bonds is 3. The van der Waals surface area contributed by atoms with Crippen molar-refractivity contribution in [3.8, 4) is 11.3 Å². The number of halogens is 1. The average molecular weight is 484 g/mol. The highest BCUT2D eigenvalue weighted by molar-refractivity contribution is 6.06. The van der Waals surface area contributed by atoms with Gasteiger partial charge in [-0.1, -0.05) is 12.1 Å². The molecule has 10 heteroatoms. The van der Waals surface area contributed by atoms with E-state index in [1.54, 1.807) is 16.8 Å². The maximum Gasteiger partial charge on any atom is 0.254 e. The Labute approximate surface area is 204 Å². The van der Waals surface area contributed by atoms with Crippen molar-refractivity contribution in [1.29, 1.82) is 0 Å². The summed E-state index contributed by atoms with van der Waals surface area (Å²) < 4.78 is 21.0. The predicted octanol–water partition coefficient (Wildman–Crippen LogP) is 2.88. The minimum Gasteiger partial charge on any atom is -0.380 e. The van der Waals surface area contributed by atoms with Crippen LogP contribution in [0.15, 0.2) is 48.8 Å². The first-order chi connectivity index (χ1) is 17.6. The van der Waals surface area contributed by atoms with E-state index in [2.05, 4.69) is 20.9 Å². The predicted molar refractivity (Wildman–Crippen MR) is 128 cm³/mol. The molecule has 180 valence electrons. The molecule has 4 aromatic rings. The van der Waals surface area contributed by atoms with Gasteiger partial charge >= 0.3 is 0 Å². The third-order valence-corrected chi connectivity index (χ3v) is 7.24. The summed E-state index contributed by atoms with van der Waals surface area (Å²) in [6, 6.07) is 10.4. The number of hydrogen-bond acceptors (Lipinski definition) is 6. The fourth-order valence-corrected chi connectivity index (χ4v) is 5.47. The number of benzene rings is 1. The Hall–Kier alpha value is -4.31. The lowest BCUT2D eigenvalue weighted by Crippen LogP contribution is -2.30. The Morgan fingerprint density at radius 1 is 1.06 bits per heavy atom. The zero-order chi connectivity index (χ0) is 24.4. The van der Waals surface area contributed by atoms with Gasteiger partial charge in [0.1, 0.15) is 17.3 Å². The van der Waals surface area contributed by atoms with Gasteiger partial charge in [-0.3, -0.25) is 14.0 Å². The average Bonchev–Trinajstić information content (AvgIpc) is 3.60. The molecule has 2 atom stereocenters. The summed E-state index contributed by atoms with van der Waals surface area (Å²) >= 11 is 0. The zero-order valence-electron chi connectivity index (χ0n) is 19.0. The van der Waals surface area contributed by atoms with Gasteiger partial charge in [-0.15, -0.1) is 0 Å². The maximum absolute atomic E-state index is 13.6. The number of ether oxygens (including phenoxy) is 1. The SMILES string of the molecule is O=C1NCc2c(-c3cnc4cc(F)ccn34)ccc(Nc3ccc4c(n3)CNC(=O)[C@@H]3COC[C@H]43)c21. The fourth-order valence-electron chi connectivity index (χ4n) is 5.47. The van der Waals surface area contributed by atoms with Crippen molar-refractivity contribution in [3.05, 3.63) is 77.0 Å². The molecule has 0 aliphatic carbocycles. The lowest BCUT2D eigenvalue weighted by atomic mass is 9.88. The van der Waals surface area contributed by atoms with Gasteiger partial charge in [0.05, 0.1) is 54.5 Å². The molecular weight excluding hydrogens is 463 g/mol. The Morgan fingerprint density at radius 2 is 1.94 bits per heavy atom. The van der Waals surface area contributed by atoms with Gasteiger partial charge in [-0.25, -0.2) is 14.4 Å². The Bertz CT molecular complexity index is 1580. The van der Waals surface area contributed by atoms with Crippen molar-refractivity contribution in [3.63, 3.8) is 0 Å². The van der Waals surface area contributed by atoms with Crippen molar-refractivity contribution >= 4 is 29.0 Å². The summed E-state index contributed by atoms with van der Waals surface area (Å²) in [6.07, 6.45) is 3.32. The number of carbonyl (C=O) groups excluding carboxylic acids is 2. The number of carbonyl (C=O) groups is 2. The summed E-state index contributed by atoms with van der Waals surface area (Å²) in [5.74, 6) is -0.155. The van der Waals surface area contributed by atoms with E-state index in [0.717, 1.165) is 28.1 Å². The lowest BCUT2D eigenvalue weighted by molar-refractivity contribution is -0.125. The standard InChI is InChI=1S/C26H21FN6O3/c27-13-5-6-33-21(10-28-23(33)7-13)15-1-3-19(24-16(15)8-29-26(24)35)31-22-4-2-14-17-11-36-12-18(17)25(34)30-9-20(14)32-22/h1-7,10,17-18H,8-9,11-12H2,(H,29,35)(H,30,34)(H,31,32)/t17-,18-/m1/s1. The monoisotopic (exact) mass is 484 g/mol. The van der Waals surface area contributed by atoms with Crippen molar-refractivity contribution in [2.75, 3.05) is 18.5 Å². The first-order valence-electron chi connectivity index (χ1n) is 11.8. The topological polar surface area (TPSA) is 110 Å². The molecule has 3 aromatic heterocycles. The molecule has 6 heterocycles. The van der Waals surface area contributed by atoms with Crippen LogP contribution in [-0.4, -0.2) is 39.4 Å². The van der Waals surface area contributed by atoms with Crippen LogP contribution in [0.25, 0.3) is 16.9 Å². The van der Waals surface area contributed by atoms with Crippen molar-refractivity contribution in [1.82, 2.24) is 25.0 Å². The van der Waals surface area contributed by atoms with Crippen LogP contribution in [-0.2, 0) is 22.6 Å². The number of pyridine rings is 2. The van der Waals surface area contributed by atoms with Gasteiger partial charge in [0, 0.05) is 30.3 Å². The summed E-state index contributed by atoms with van der Waals surface area (Å²) in [5, 5.41) is 9.16. The third kappa shape index (κ3) is 3.18. The molecule has 7 rings (SSSR count). The smallest absolute Gasteiger partial charge is 0.254 e. The fraction of sp³-hybridized carbons (Fsp3) is 0.231. The minimum absolute atomic E-state index is 0.00249. The minimum atomic E-state index is -0.356. The van der Waals surface area contributed by atoms with Gasteiger partial charge < -0.3 is 20.7 Å². The molecule has 1 fully saturated rings. The summed E-state index contributed by atoms with van der Waals surface area (Å²) in [7, 11) is 0. The second kappa shape index (κ2) is 7.85.